The Morgan fingerprint density at radius 3 is 2.44 bits per heavy atom. The molecule has 0 amide bonds. The lowest BCUT2D eigenvalue weighted by Gasteiger charge is -2.16. The van der Waals surface area contributed by atoms with Crippen LogP contribution in [0.5, 0.6) is 0 Å². The third-order valence-electron chi connectivity index (χ3n) is 2.70. The second kappa shape index (κ2) is 12.8. The van der Waals surface area contributed by atoms with E-state index < -0.39 is 0 Å². The predicted molar refractivity (Wildman–Crippen MR) is 73.7 cm³/mol. The molecular weight excluding hydrogens is 230 g/mol. The Morgan fingerprint density at radius 2 is 1.83 bits per heavy atom. The molecule has 0 saturated heterocycles. The zero-order valence-corrected chi connectivity index (χ0v) is 12.2. The average molecular weight is 259 g/mol. The van der Waals surface area contributed by atoms with Crippen LogP contribution in [0.4, 0.5) is 0 Å². The van der Waals surface area contributed by atoms with E-state index in [0.29, 0.717) is 13.2 Å². The monoisotopic (exact) mass is 259 g/mol. The molecule has 4 heteroatoms. The highest BCUT2D eigenvalue weighted by Gasteiger charge is 2.18. The standard InChI is InChI=1S/C14H29NO3/c1-4-7-8-9-10-11-17-12-13(15-5-2)14(16)18-6-3/h13,15H,4-12H2,1-3H3. The predicted octanol–water partition coefficient (Wildman–Crippen LogP) is 2.51. The molecule has 0 heterocycles. The summed E-state index contributed by atoms with van der Waals surface area (Å²) >= 11 is 0. The van der Waals surface area contributed by atoms with Gasteiger partial charge in [-0.15, -0.1) is 0 Å². The topological polar surface area (TPSA) is 47.6 Å². The van der Waals surface area contributed by atoms with Gasteiger partial charge in [-0.3, -0.25) is 4.79 Å². The SMILES string of the molecule is CCCCCCCOCC(NCC)C(=O)OCC. The van der Waals surface area contributed by atoms with Crippen molar-refractivity contribution in [2.24, 2.45) is 0 Å². The van der Waals surface area contributed by atoms with Crippen molar-refractivity contribution in [2.75, 3.05) is 26.4 Å². The zero-order chi connectivity index (χ0) is 13.6. The molecule has 18 heavy (non-hydrogen) atoms. The summed E-state index contributed by atoms with van der Waals surface area (Å²) in [4.78, 5) is 11.6. The summed E-state index contributed by atoms with van der Waals surface area (Å²) in [6.45, 7) is 8.27. The van der Waals surface area contributed by atoms with Crippen LogP contribution in [0, 0.1) is 0 Å². The summed E-state index contributed by atoms with van der Waals surface area (Å²) in [6, 6.07) is -0.328. The minimum absolute atomic E-state index is 0.217. The molecule has 0 aliphatic rings. The van der Waals surface area contributed by atoms with Crippen molar-refractivity contribution in [1.82, 2.24) is 5.32 Å². The molecular formula is C14H29NO3. The Balaban J connectivity index is 3.60. The number of carbonyl (C=O) groups is 1. The van der Waals surface area contributed by atoms with Gasteiger partial charge in [-0.2, -0.15) is 0 Å². The van der Waals surface area contributed by atoms with E-state index in [1.54, 1.807) is 0 Å². The summed E-state index contributed by atoms with van der Waals surface area (Å²) in [5.41, 5.74) is 0. The van der Waals surface area contributed by atoms with Crippen molar-refractivity contribution < 1.29 is 14.3 Å². The lowest BCUT2D eigenvalue weighted by Crippen LogP contribution is -2.41. The van der Waals surface area contributed by atoms with Gasteiger partial charge in [-0.05, 0) is 19.9 Å². The molecule has 0 spiro atoms. The molecule has 1 N–H and O–H groups in total. The van der Waals surface area contributed by atoms with Crippen LogP contribution in [-0.4, -0.2) is 38.4 Å². The van der Waals surface area contributed by atoms with Crippen molar-refractivity contribution in [3.63, 3.8) is 0 Å². The molecule has 4 nitrogen and oxygen atoms in total. The van der Waals surface area contributed by atoms with Crippen molar-refractivity contribution >= 4 is 5.97 Å². The molecule has 108 valence electrons. The van der Waals surface area contributed by atoms with Crippen LogP contribution in [0.25, 0.3) is 0 Å². The maximum Gasteiger partial charge on any atom is 0.325 e. The third kappa shape index (κ3) is 9.42. The van der Waals surface area contributed by atoms with E-state index in [1.165, 1.54) is 25.7 Å². The fraction of sp³-hybridized carbons (Fsp3) is 0.929. The van der Waals surface area contributed by atoms with E-state index in [0.717, 1.165) is 19.6 Å². The van der Waals surface area contributed by atoms with Gasteiger partial charge in [0.05, 0.1) is 13.2 Å². The van der Waals surface area contributed by atoms with E-state index in [2.05, 4.69) is 12.2 Å². The maximum absolute atomic E-state index is 11.6. The number of ether oxygens (including phenoxy) is 2. The highest BCUT2D eigenvalue weighted by Crippen LogP contribution is 2.02. The van der Waals surface area contributed by atoms with Gasteiger partial charge in [0.2, 0.25) is 0 Å². The fourth-order valence-electron chi connectivity index (χ4n) is 1.71. The van der Waals surface area contributed by atoms with Gasteiger partial charge in [-0.25, -0.2) is 0 Å². The Morgan fingerprint density at radius 1 is 1.11 bits per heavy atom. The molecule has 0 aromatic rings. The van der Waals surface area contributed by atoms with Crippen molar-refractivity contribution in [3.8, 4) is 0 Å². The van der Waals surface area contributed by atoms with Gasteiger partial charge >= 0.3 is 5.97 Å². The first-order chi connectivity index (χ1) is 8.76. The lowest BCUT2D eigenvalue weighted by atomic mass is 10.2. The minimum Gasteiger partial charge on any atom is -0.465 e. The van der Waals surface area contributed by atoms with E-state index in [4.69, 9.17) is 9.47 Å². The molecule has 0 aliphatic carbocycles. The van der Waals surface area contributed by atoms with Gasteiger partial charge in [0, 0.05) is 6.61 Å². The largest absolute Gasteiger partial charge is 0.465 e. The fourth-order valence-corrected chi connectivity index (χ4v) is 1.71. The highest BCUT2D eigenvalue weighted by atomic mass is 16.5. The van der Waals surface area contributed by atoms with Gasteiger partial charge < -0.3 is 14.8 Å². The number of likely N-dealkylation sites (N-methyl/N-ethyl adjacent to an activating group) is 1. The van der Waals surface area contributed by atoms with Crippen molar-refractivity contribution in [3.05, 3.63) is 0 Å². The average Bonchev–Trinajstić information content (AvgIpc) is 2.36. The summed E-state index contributed by atoms with van der Waals surface area (Å²) < 4.78 is 10.5. The molecule has 0 aromatic heterocycles. The van der Waals surface area contributed by atoms with Gasteiger partial charge in [0.15, 0.2) is 0 Å². The quantitative estimate of drug-likeness (QED) is 0.432. The number of unbranched alkanes of at least 4 members (excludes halogenated alkanes) is 4. The lowest BCUT2D eigenvalue weighted by molar-refractivity contribution is -0.147. The van der Waals surface area contributed by atoms with Gasteiger partial charge in [-0.1, -0.05) is 39.5 Å². The zero-order valence-electron chi connectivity index (χ0n) is 12.2. The van der Waals surface area contributed by atoms with Gasteiger partial charge in [0.25, 0.3) is 0 Å². The number of esters is 1. The summed E-state index contributed by atoms with van der Waals surface area (Å²) in [7, 11) is 0. The number of hydrogen-bond acceptors (Lipinski definition) is 4. The van der Waals surface area contributed by atoms with Gasteiger partial charge in [0.1, 0.15) is 6.04 Å². The summed E-state index contributed by atoms with van der Waals surface area (Å²) in [5.74, 6) is -0.217. The second-order valence-electron chi connectivity index (χ2n) is 4.35. The van der Waals surface area contributed by atoms with Crippen LogP contribution in [0.1, 0.15) is 52.9 Å². The van der Waals surface area contributed by atoms with Crippen LogP contribution in [0.3, 0.4) is 0 Å². The normalized spacial score (nSPS) is 12.4. The van der Waals surface area contributed by atoms with E-state index in [9.17, 15) is 4.79 Å². The maximum atomic E-state index is 11.6. The molecule has 0 radical (unpaired) electrons. The molecule has 1 unspecified atom stereocenters. The molecule has 0 rings (SSSR count). The molecule has 0 aromatic carbocycles. The van der Waals surface area contributed by atoms with Crippen LogP contribution in [-0.2, 0) is 14.3 Å². The number of rotatable bonds is 12. The van der Waals surface area contributed by atoms with Crippen LogP contribution in [0.15, 0.2) is 0 Å². The Kier molecular flexibility index (Phi) is 12.4. The number of nitrogens with one attached hydrogen (secondary N) is 1. The Hall–Kier alpha value is -0.610. The first-order valence-corrected chi connectivity index (χ1v) is 7.23. The number of hydrogen-bond donors (Lipinski definition) is 1. The van der Waals surface area contributed by atoms with Crippen molar-refractivity contribution in [2.45, 2.75) is 58.9 Å². The molecule has 0 bridgehead atoms. The Labute approximate surface area is 111 Å². The smallest absolute Gasteiger partial charge is 0.325 e. The first-order valence-electron chi connectivity index (χ1n) is 7.23. The second-order valence-corrected chi connectivity index (χ2v) is 4.35. The van der Waals surface area contributed by atoms with Crippen LogP contribution >= 0.6 is 0 Å². The van der Waals surface area contributed by atoms with E-state index in [1.807, 2.05) is 13.8 Å². The van der Waals surface area contributed by atoms with E-state index >= 15 is 0 Å². The van der Waals surface area contributed by atoms with Crippen LogP contribution < -0.4 is 5.32 Å². The van der Waals surface area contributed by atoms with E-state index in [-0.39, 0.29) is 12.0 Å². The summed E-state index contributed by atoms with van der Waals surface area (Å²) in [6.07, 6.45) is 6.10. The van der Waals surface area contributed by atoms with Crippen LogP contribution in [0.2, 0.25) is 0 Å². The molecule has 0 fully saturated rings. The first kappa shape index (κ1) is 17.4. The highest BCUT2D eigenvalue weighted by molar-refractivity contribution is 5.75. The molecule has 0 saturated carbocycles. The minimum atomic E-state index is -0.328. The third-order valence-corrected chi connectivity index (χ3v) is 2.70. The number of carbonyl (C=O) groups excluding carboxylic acids is 1. The molecule has 0 aliphatic heterocycles. The van der Waals surface area contributed by atoms with Crippen molar-refractivity contribution in [1.29, 1.82) is 0 Å². The molecule has 1 atom stereocenters. The Bertz CT molecular complexity index is 197. The summed E-state index contributed by atoms with van der Waals surface area (Å²) in [5, 5.41) is 3.08.